The van der Waals surface area contributed by atoms with E-state index in [0.717, 1.165) is 39.4 Å². The average Bonchev–Trinajstić information content (AvgIpc) is 3.19. The molecule has 0 atom stereocenters. The fourth-order valence-corrected chi connectivity index (χ4v) is 4.93. The summed E-state index contributed by atoms with van der Waals surface area (Å²) in [6.45, 7) is 6.80. The van der Waals surface area contributed by atoms with E-state index in [2.05, 4.69) is 51.0 Å². The fraction of sp³-hybridized carbons (Fsp3) is 0.182. The van der Waals surface area contributed by atoms with Gasteiger partial charge in [0.15, 0.2) is 5.82 Å². The smallest absolute Gasteiger partial charge is 0.160 e. The number of pyridine rings is 1. The highest BCUT2D eigenvalue weighted by Gasteiger charge is 2.26. The Bertz CT molecular complexity index is 1270. The highest BCUT2D eigenvalue weighted by Crippen LogP contribution is 2.36. The SMILES string of the molecule is Cc1sc2c(c1C)C(c1ccc(Nc3ccc(Cl)cn3)cc1)=NCc1nnc(C)n1-2. The lowest BCUT2D eigenvalue weighted by atomic mass is 9.99. The van der Waals surface area contributed by atoms with E-state index in [1.807, 2.05) is 31.2 Å². The van der Waals surface area contributed by atoms with E-state index in [9.17, 15) is 0 Å². The number of halogens is 1. The van der Waals surface area contributed by atoms with Crippen LogP contribution in [0.1, 0.15) is 33.2 Å². The van der Waals surface area contributed by atoms with Crippen LogP contribution < -0.4 is 5.32 Å². The zero-order chi connectivity index (χ0) is 20.8. The number of thiophene rings is 1. The number of anilines is 2. The van der Waals surface area contributed by atoms with Crippen molar-refractivity contribution in [2.24, 2.45) is 4.99 Å². The van der Waals surface area contributed by atoms with Crippen molar-refractivity contribution in [2.45, 2.75) is 27.3 Å². The van der Waals surface area contributed by atoms with Gasteiger partial charge in [-0.2, -0.15) is 0 Å². The molecule has 1 aliphatic heterocycles. The van der Waals surface area contributed by atoms with Crippen molar-refractivity contribution in [2.75, 3.05) is 5.32 Å². The van der Waals surface area contributed by atoms with E-state index < -0.39 is 0 Å². The highest BCUT2D eigenvalue weighted by atomic mass is 35.5. The minimum atomic E-state index is 0.505. The van der Waals surface area contributed by atoms with Crippen LogP contribution in [0, 0.1) is 20.8 Å². The van der Waals surface area contributed by atoms with Crippen LogP contribution >= 0.6 is 22.9 Å². The summed E-state index contributed by atoms with van der Waals surface area (Å²) in [4.78, 5) is 10.5. The third-order valence-corrected chi connectivity index (χ3v) is 6.65. The monoisotopic (exact) mass is 434 g/mol. The first-order chi connectivity index (χ1) is 14.5. The molecular weight excluding hydrogens is 416 g/mol. The van der Waals surface area contributed by atoms with Crippen molar-refractivity contribution < 1.29 is 0 Å². The number of aryl methyl sites for hydroxylation is 2. The first-order valence-electron chi connectivity index (χ1n) is 9.56. The van der Waals surface area contributed by atoms with Gasteiger partial charge in [0.05, 0.1) is 10.7 Å². The third-order valence-electron chi connectivity index (χ3n) is 5.24. The molecule has 0 amide bonds. The van der Waals surface area contributed by atoms with Crippen molar-refractivity contribution in [1.29, 1.82) is 0 Å². The first-order valence-corrected chi connectivity index (χ1v) is 10.8. The predicted molar refractivity (Wildman–Crippen MR) is 122 cm³/mol. The summed E-state index contributed by atoms with van der Waals surface area (Å²) in [5.74, 6) is 2.51. The van der Waals surface area contributed by atoms with Crippen molar-refractivity contribution >= 4 is 40.2 Å². The zero-order valence-electron chi connectivity index (χ0n) is 16.8. The van der Waals surface area contributed by atoms with Crippen LogP contribution in [0.5, 0.6) is 0 Å². The Balaban J connectivity index is 1.53. The lowest BCUT2D eigenvalue weighted by molar-refractivity contribution is 0.869. The van der Waals surface area contributed by atoms with Crippen molar-refractivity contribution in [3.8, 4) is 5.00 Å². The summed E-state index contributed by atoms with van der Waals surface area (Å²) >= 11 is 7.68. The number of aromatic nitrogens is 4. The number of benzene rings is 1. The largest absolute Gasteiger partial charge is 0.340 e. The summed E-state index contributed by atoms with van der Waals surface area (Å²) in [7, 11) is 0. The van der Waals surface area contributed by atoms with Gasteiger partial charge in [-0.05, 0) is 50.6 Å². The van der Waals surface area contributed by atoms with Gasteiger partial charge in [0, 0.05) is 27.9 Å². The molecule has 4 heterocycles. The van der Waals surface area contributed by atoms with Crippen LogP contribution in [0.25, 0.3) is 5.00 Å². The van der Waals surface area contributed by atoms with Gasteiger partial charge in [0.2, 0.25) is 0 Å². The zero-order valence-corrected chi connectivity index (χ0v) is 18.3. The van der Waals surface area contributed by atoms with E-state index in [4.69, 9.17) is 16.6 Å². The molecule has 0 unspecified atom stereocenters. The number of rotatable bonds is 3. The standard InChI is InChI=1S/C22H19ClN6S/c1-12-13(2)30-22-20(12)21(25-11-19-28-27-14(3)29(19)22)15-4-7-17(8-5-15)26-18-9-6-16(23)10-24-18/h4-10H,11H2,1-3H3,(H,24,26). The molecule has 0 fully saturated rings. The molecule has 6 nitrogen and oxygen atoms in total. The molecule has 1 aromatic carbocycles. The lowest BCUT2D eigenvalue weighted by Gasteiger charge is -2.11. The number of hydrogen-bond donors (Lipinski definition) is 1. The second-order valence-corrected chi connectivity index (χ2v) is 8.83. The summed E-state index contributed by atoms with van der Waals surface area (Å²) in [5, 5.41) is 13.7. The number of fused-ring (bicyclic) bond motifs is 3. The number of aliphatic imine (C=N–C) groups is 1. The molecule has 8 heteroatoms. The predicted octanol–water partition coefficient (Wildman–Crippen LogP) is 5.40. The van der Waals surface area contributed by atoms with Gasteiger partial charge in [-0.3, -0.25) is 9.56 Å². The molecule has 0 aliphatic carbocycles. The van der Waals surface area contributed by atoms with Crippen molar-refractivity contribution in [1.82, 2.24) is 19.7 Å². The molecular formula is C22H19ClN6S. The number of nitrogens with one attached hydrogen (secondary N) is 1. The summed E-state index contributed by atoms with van der Waals surface area (Å²) < 4.78 is 2.14. The lowest BCUT2D eigenvalue weighted by Crippen LogP contribution is -2.07. The molecule has 5 rings (SSSR count). The summed E-state index contributed by atoms with van der Waals surface area (Å²) in [5.41, 5.74) is 5.44. The Labute approximate surface area is 183 Å². The Morgan fingerprint density at radius 3 is 2.57 bits per heavy atom. The minimum Gasteiger partial charge on any atom is -0.340 e. The van der Waals surface area contributed by atoms with Gasteiger partial charge >= 0.3 is 0 Å². The molecule has 0 saturated carbocycles. The van der Waals surface area contributed by atoms with Gasteiger partial charge in [0.1, 0.15) is 23.2 Å². The van der Waals surface area contributed by atoms with Crippen LogP contribution in [0.4, 0.5) is 11.5 Å². The molecule has 0 spiro atoms. The number of nitrogens with zero attached hydrogens (tertiary/aromatic N) is 5. The molecule has 0 saturated heterocycles. The van der Waals surface area contributed by atoms with Gasteiger partial charge in [-0.15, -0.1) is 21.5 Å². The van der Waals surface area contributed by atoms with Gasteiger partial charge in [-0.25, -0.2) is 4.98 Å². The van der Waals surface area contributed by atoms with Gasteiger partial charge < -0.3 is 5.32 Å². The maximum absolute atomic E-state index is 5.91. The molecule has 1 aliphatic rings. The van der Waals surface area contributed by atoms with Gasteiger partial charge in [-0.1, -0.05) is 23.7 Å². The van der Waals surface area contributed by atoms with Crippen LogP contribution in [0.3, 0.4) is 0 Å². The first kappa shape index (κ1) is 19.0. The Morgan fingerprint density at radius 1 is 1.03 bits per heavy atom. The molecule has 3 aromatic heterocycles. The summed E-state index contributed by atoms with van der Waals surface area (Å²) in [6, 6.07) is 11.9. The van der Waals surface area contributed by atoms with E-state index in [1.165, 1.54) is 16.0 Å². The normalized spacial score (nSPS) is 12.7. The molecule has 30 heavy (non-hydrogen) atoms. The van der Waals surface area contributed by atoms with E-state index in [-0.39, 0.29) is 0 Å². The van der Waals surface area contributed by atoms with Crippen LogP contribution in [0.15, 0.2) is 47.6 Å². The van der Waals surface area contributed by atoms with Crippen molar-refractivity contribution in [3.05, 3.63) is 80.8 Å². The minimum absolute atomic E-state index is 0.505. The molecule has 4 aromatic rings. The molecule has 0 bridgehead atoms. The topological polar surface area (TPSA) is 68.0 Å². The third kappa shape index (κ3) is 3.20. The van der Waals surface area contributed by atoms with Gasteiger partial charge in [0.25, 0.3) is 0 Å². The summed E-state index contributed by atoms with van der Waals surface area (Å²) in [6.07, 6.45) is 1.63. The van der Waals surface area contributed by atoms with E-state index in [0.29, 0.717) is 11.6 Å². The quantitative estimate of drug-likeness (QED) is 0.469. The highest BCUT2D eigenvalue weighted by molar-refractivity contribution is 7.15. The number of hydrogen-bond acceptors (Lipinski definition) is 6. The van der Waals surface area contributed by atoms with Crippen LogP contribution in [-0.2, 0) is 6.54 Å². The Kier molecular flexibility index (Phi) is 4.64. The molecule has 1 N–H and O–H groups in total. The molecule has 150 valence electrons. The van der Waals surface area contributed by atoms with Crippen molar-refractivity contribution in [3.63, 3.8) is 0 Å². The fourth-order valence-electron chi connectivity index (χ4n) is 3.59. The second kappa shape index (κ2) is 7.34. The maximum atomic E-state index is 5.91. The maximum Gasteiger partial charge on any atom is 0.160 e. The second-order valence-electron chi connectivity index (χ2n) is 7.19. The average molecular weight is 435 g/mol. The Hall–Kier alpha value is -3.03. The van der Waals surface area contributed by atoms with Crippen LogP contribution in [-0.4, -0.2) is 25.5 Å². The Morgan fingerprint density at radius 2 is 1.83 bits per heavy atom. The van der Waals surface area contributed by atoms with E-state index >= 15 is 0 Å². The van der Waals surface area contributed by atoms with Crippen LogP contribution in [0.2, 0.25) is 5.02 Å². The van der Waals surface area contributed by atoms with E-state index in [1.54, 1.807) is 17.5 Å². The molecule has 0 radical (unpaired) electrons.